The lowest BCUT2D eigenvalue weighted by Crippen LogP contribution is -2.17. The highest BCUT2D eigenvalue weighted by molar-refractivity contribution is 5.68. The van der Waals surface area contributed by atoms with Gasteiger partial charge in [-0.3, -0.25) is 0 Å². The number of nitrogens with one attached hydrogen (secondary N) is 1. The summed E-state index contributed by atoms with van der Waals surface area (Å²) in [5, 5.41) is 20.4. The highest BCUT2D eigenvalue weighted by atomic mass is 16.5. The van der Waals surface area contributed by atoms with E-state index in [9.17, 15) is 4.79 Å². The summed E-state index contributed by atoms with van der Waals surface area (Å²) in [4.78, 5) is 10.5. The number of unbranched alkanes of at least 4 members (excludes halogenated alkanes) is 1. The van der Waals surface area contributed by atoms with Gasteiger partial charge in [0.2, 0.25) is 0 Å². The van der Waals surface area contributed by atoms with Crippen molar-refractivity contribution in [1.29, 1.82) is 0 Å². The van der Waals surface area contributed by atoms with E-state index in [4.69, 9.17) is 14.9 Å². The predicted octanol–water partition coefficient (Wildman–Crippen LogP) is 1.01. The molecule has 0 saturated carbocycles. The SMILES string of the molecule is O=C(O)COc1ccccc1CNCCCCO. The van der Waals surface area contributed by atoms with Crippen LogP contribution in [0, 0.1) is 0 Å². The van der Waals surface area contributed by atoms with Gasteiger partial charge in [-0.05, 0) is 25.5 Å². The number of hydrogen-bond acceptors (Lipinski definition) is 4. The fourth-order valence-electron chi connectivity index (χ4n) is 1.52. The second-order valence-electron chi connectivity index (χ2n) is 3.90. The zero-order chi connectivity index (χ0) is 13.2. The molecule has 0 aromatic heterocycles. The lowest BCUT2D eigenvalue weighted by molar-refractivity contribution is -0.139. The number of aliphatic hydroxyl groups is 1. The van der Waals surface area contributed by atoms with Crippen molar-refractivity contribution in [1.82, 2.24) is 5.32 Å². The van der Waals surface area contributed by atoms with Gasteiger partial charge in [0, 0.05) is 18.7 Å². The Morgan fingerprint density at radius 1 is 1.28 bits per heavy atom. The van der Waals surface area contributed by atoms with Crippen molar-refractivity contribution < 1.29 is 19.7 Å². The molecule has 0 bridgehead atoms. The molecular weight excluding hydrogens is 234 g/mol. The molecule has 1 aromatic carbocycles. The highest BCUT2D eigenvalue weighted by Gasteiger charge is 2.04. The van der Waals surface area contributed by atoms with Gasteiger partial charge >= 0.3 is 5.97 Å². The molecule has 0 heterocycles. The van der Waals surface area contributed by atoms with E-state index >= 15 is 0 Å². The van der Waals surface area contributed by atoms with Crippen LogP contribution in [0.2, 0.25) is 0 Å². The third-order valence-electron chi connectivity index (χ3n) is 2.40. The van der Waals surface area contributed by atoms with Crippen LogP contribution in [0.5, 0.6) is 5.75 Å². The Hall–Kier alpha value is -1.59. The molecule has 0 atom stereocenters. The first kappa shape index (κ1) is 14.5. The van der Waals surface area contributed by atoms with Crippen LogP contribution >= 0.6 is 0 Å². The monoisotopic (exact) mass is 253 g/mol. The van der Waals surface area contributed by atoms with Crippen molar-refractivity contribution in [3.63, 3.8) is 0 Å². The van der Waals surface area contributed by atoms with E-state index in [0.717, 1.165) is 24.9 Å². The van der Waals surface area contributed by atoms with Crippen molar-refractivity contribution >= 4 is 5.97 Å². The van der Waals surface area contributed by atoms with Crippen LogP contribution in [0.25, 0.3) is 0 Å². The van der Waals surface area contributed by atoms with Crippen molar-refractivity contribution in [2.75, 3.05) is 19.8 Å². The fourth-order valence-corrected chi connectivity index (χ4v) is 1.52. The van der Waals surface area contributed by atoms with Gasteiger partial charge in [-0.1, -0.05) is 18.2 Å². The normalized spacial score (nSPS) is 10.3. The molecular formula is C13H19NO4. The van der Waals surface area contributed by atoms with Crippen molar-refractivity contribution in [2.24, 2.45) is 0 Å². The number of para-hydroxylation sites is 1. The second kappa shape index (κ2) is 8.49. The van der Waals surface area contributed by atoms with Crippen molar-refractivity contribution in [3.8, 4) is 5.75 Å². The van der Waals surface area contributed by atoms with Gasteiger partial charge in [0.1, 0.15) is 5.75 Å². The first-order valence-electron chi connectivity index (χ1n) is 5.98. The molecule has 0 spiro atoms. The van der Waals surface area contributed by atoms with Crippen LogP contribution < -0.4 is 10.1 Å². The smallest absolute Gasteiger partial charge is 0.341 e. The largest absolute Gasteiger partial charge is 0.482 e. The van der Waals surface area contributed by atoms with Crippen LogP contribution in [0.3, 0.4) is 0 Å². The average Bonchev–Trinajstić information content (AvgIpc) is 2.37. The van der Waals surface area contributed by atoms with Crippen molar-refractivity contribution in [3.05, 3.63) is 29.8 Å². The molecule has 0 amide bonds. The lowest BCUT2D eigenvalue weighted by atomic mass is 10.2. The average molecular weight is 253 g/mol. The summed E-state index contributed by atoms with van der Waals surface area (Å²) < 4.78 is 5.20. The summed E-state index contributed by atoms with van der Waals surface area (Å²) in [6.07, 6.45) is 1.69. The van der Waals surface area contributed by atoms with Crippen molar-refractivity contribution in [2.45, 2.75) is 19.4 Å². The third kappa shape index (κ3) is 5.65. The van der Waals surface area contributed by atoms with E-state index in [2.05, 4.69) is 5.32 Å². The zero-order valence-corrected chi connectivity index (χ0v) is 10.3. The minimum absolute atomic E-state index is 0.208. The van der Waals surface area contributed by atoms with Crippen LogP contribution in [-0.2, 0) is 11.3 Å². The predicted molar refractivity (Wildman–Crippen MR) is 67.6 cm³/mol. The number of carbonyl (C=O) groups is 1. The van der Waals surface area contributed by atoms with E-state index in [0.29, 0.717) is 12.3 Å². The molecule has 1 rings (SSSR count). The molecule has 5 nitrogen and oxygen atoms in total. The molecule has 0 saturated heterocycles. The van der Waals surface area contributed by atoms with Gasteiger partial charge < -0.3 is 20.3 Å². The second-order valence-corrected chi connectivity index (χ2v) is 3.90. The van der Waals surface area contributed by atoms with Gasteiger partial charge in [-0.2, -0.15) is 0 Å². The number of carboxylic acid groups (broad SMARTS) is 1. The maximum Gasteiger partial charge on any atom is 0.341 e. The molecule has 1 aromatic rings. The van der Waals surface area contributed by atoms with Gasteiger partial charge in [-0.15, -0.1) is 0 Å². The molecule has 0 aliphatic heterocycles. The maximum atomic E-state index is 10.5. The summed E-state index contributed by atoms with van der Waals surface area (Å²) in [6.45, 7) is 1.32. The number of carboxylic acids is 1. The summed E-state index contributed by atoms with van der Waals surface area (Å²) in [6, 6.07) is 7.36. The Kier molecular flexibility index (Phi) is 6.83. The van der Waals surface area contributed by atoms with E-state index in [-0.39, 0.29) is 13.2 Å². The third-order valence-corrected chi connectivity index (χ3v) is 2.40. The standard InChI is InChI=1S/C13H19NO4/c15-8-4-3-7-14-9-11-5-1-2-6-12(11)18-10-13(16)17/h1-2,5-6,14-15H,3-4,7-10H2,(H,16,17). The molecule has 0 unspecified atom stereocenters. The Morgan fingerprint density at radius 3 is 2.78 bits per heavy atom. The summed E-state index contributed by atoms with van der Waals surface area (Å²) in [7, 11) is 0. The molecule has 0 aliphatic carbocycles. The summed E-state index contributed by atoms with van der Waals surface area (Å²) in [5.41, 5.74) is 0.933. The van der Waals surface area contributed by atoms with E-state index in [1.165, 1.54) is 0 Å². The minimum Gasteiger partial charge on any atom is -0.482 e. The van der Waals surface area contributed by atoms with Gasteiger partial charge in [0.05, 0.1) is 0 Å². The molecule has 100 valence electrons. The Balaban J connectivity index is 2.41. The molecule has 3 N–H and O–H groups in total. The minimum atomic E-state index is -0.985. The molecule has 0 radical (unpaired) electrons. The quantitative estimate of drug-likeness (QED) is 0.572. The summed E-state index contributed by atoms with van der Waals surface area (Å²) in [5.74, 6) is -0.393. The molecule has 5 heteroatoms. The number of aliphatic hydroxyl groups excluding tert-OH is 1. The van der Waals surface area contributed by atoms with E-state index in [1.807, 2.05) is 18.2 Å². The topological polar surface area (TPSA) is 78.8 Å². The van der Waals surface area contributed by atoms with Gasteiger partial charge in [0.25, 0.3) is 0 Å². The number of hydrogen-bond donors (Lipinski definition) is 3. The number of ether oxygens (including phenoxy) is 1. The highest BCUT2D eigenvalue weighted by Crippen LogP contribution is 2.17. The van der Waals surface area contributed by atoms with Crippen LogP contribution in [0.1, 0.15) is 18.4 Å². The first-order chi connectivity index (χ1) is 8.74. The fraction of sp³-hybridized carbons (Fsp3) is 0.462. The van der Waals surface area contributed by atoms with Gasteiger partial charge in [-0.25, -0.2) is 4.79 Å². The first-order valence-corrected chi connectivity index (χ1v) is 5.98. The van der Waals surface area contributed by atoms with Crippen LogP contribution in [-0.4, -0.2) is 35.9 Å². The summed E-state index contributed by atoms with van der Waals surface area (Å²) >= 11 is 0. The van der Waals surface area contributed by atoms with E-state index < -0.39 is 5.97 Å². The van der Waals surface area contributed by atoms with Crippen LogP contribution in [0.15, 0.2) is 24.3 Å². The zero-order valence-electron chi connectivity index (χ0n) is 10.3. The number of rotatable bonds is 9. The van der Waals surface area contributed by atoms with Crippen LogP contribution in [0.4, 0.5) is 0 Å². The lowest BCUT2D eigenvalue weighted by Gasteiger charge is -2.10. The Labute approximate surface area is 106 Å². The Morgan fingerprint density at radius 2 is 2.06 bits per heavy atom. The van der Waals surface area contributed by atoms with Gasteiger partial charge in [0.15, 0.2) is 6.61 Å². The molecule has 0 aliphatic rings. The maximum absolute atomic E-state index is 10.5. The Bertz CT molecular complexity index is 368. The number of aliphatic carboxylic acids is 1. The molecule has 0 fully saturated rings. The van der Waals surface area contributed by atoms with E-state index in [1.54, 1.807) is 6.07 Å². The number of benzene rings is 1. The molecule has 18 heavy (non-hydrogen) atoms.